The number of nitriles is 1. The molecule has 1 heterocycles. The van der Waals surface area contributed by atoms with Gasteiger partial charge in [0.25, 0.3) is 0 Å². The highest BCUT2D eigenvalue weighted by Gasteiger charge is 2.39. The summed E-state index contributed by atoms with van der Waals surface area (Å²) in [5.41, 5.74) is 0. The van der Waals surface area contributed by atoms with E-state index >= 15 is 0 Å². The number of fused-ring (bicyclic) bond motifs is 1. The first kappa shape index (κ1) is 22.7. The van der Waals surface area contributed by atoms with Crippen molar-refractivity contribution in [2.75, 3.05) is 21.1 Å². The van der Waals surface area contributed by atoms with Gasteiger partial charge in [-0.05, 0) is 26.9 Å². The Morgan fingerprint density at radius 1 is 1.32 bits per heavy atom. The van der Waals surface area contributed by atoms with Crippen LogP contribution < -0.4 is 5.32 Å². The first-order valence-electron chi connectivity index (χ1n) is 7.90. The van der Waals surface area contributed by atoms with Crippen molar-refractivity contribution in [1.29, 1.82) is 5.26 Å². The molecule has 2 atom stereocenters. The molecule has 0 aromatic heterocycles. The van der Waals surface area contributed by atoms with Crippen LogP contribution in [0.2, 0.25) is 0 Å². The molecule has 0 aromatic rings. The highest BCUT2D eigenvalue weighted by atomic mass is 16.2. The predicted molar refractivity (Wildman–Crippen MR) is 92.2 cm³/mol. The SMILES string of the molecule is CC.CC.CN1C(=O)C2CCCC2N=C1NC#N.[B]N(C)C. The smallest absolute Gasteiger partial charge is 0.234 e. The molecule has 2 unspecified atom stereocenters. The monoisotopic (exact) mass is 307 g/mol. The average molecular weight is 307 g/mol. The van der Waals surface area contributed by atoms with E-state index in [0.29, 0.717) is 5.96 Å². The molecule has 1 aliphatic heterocycles. The Balaban J connectivity index is 0. The summed E-state index contributed by atoms with van der Waals surface area (Å²) < 4.78 is 0. The van der Waals surface area contributed by atoms with Gasteiger partial charge < -0.3 is 4.81 Å². The van der Waals surface area contributed by atoms with E-state index in [1.807, 2.05) is 27.7 Å². The summed E-state index contributed by atoms with van der Waals surface area (Å²) >= 11 is 0. The Bertz CT molecular complexity index is 376. The number of hydrogen-bond donors (Lipinski definition) is 1. The molecule has 1 fully saturated rings. The van der Waals surface area contributed by atoms with Crippen LogP contribution in [0.4, 0.5) is 0 Å². The van der Waals surface area contributed by atoms with Crippen LogP contribution in [-0.4, -0.2) is 56.7 Å². The predicted octanol–water partition coefficient (Wildman–Crippen LogP) is 1.74. The van der Waals surface area contributed by atoms with E-state index in [-0.39, 0.29) is 17.9 Å². The number of carbonyl (C=O) groups is 1. The van der Waals surface area contributed by atoms with E-state index in [0.717, 1.165) is 19.3 Å². The molecule has 2 rings (SSSR count). The molecular weight excluding hydrogens is 277 g/mol. The minimum Gasteiger partial charge on any atom is -0.359 e. The molecule has 124 valence electrons. The van der Waals surface area contributed by atoms with Gasteiger partial charge in [0.05, 0.1) is 12.0 Å². The first-order chi connectivity index (χ1) is 10.5. The number of hydrogen-bond acceptors (Lipinski definition) is 5. The molecule has 1 N–H and O–H groups in total. The topological polar surface area (TPSA) is 71.7 Å². The third-order valence-corrected chi connectivity index (χ3v) is 2.90. The lowest BCUT2D eigenvalue weighted by molar-refractivity contribution is -0.131. The van der Waals surface area contributed by atoms with E-state index in [4.69, 9.17) is 13.2 Å². The van der Waals surface area contributed by atoms with Gasteiger partial charge in [-0.25, -0.2) is 4.99 Å². The maximum absolute atomic E-state index is 11.8. The number of rotatable bonds is 0. The average Bonchev–Trinajstić information content (AvgIpc) is 2.97. The molecule has 1 aliphatic carbocycles. The van der Waals surface area contributed by atoms with Gasteiger partial charge in [-0.3, -0.25) is 15.0 Å². The van der Waals surface area contributed by atoms with Gasteiger partial charge in [0.2, 0.25) is 11.9 Å². The molecule has 0 bridgehead atoms. The fourth-order valence-corrected chi connectivity index (χ4v) is 2.15. The molecule has 6 nitrogen and oxygen atoms in total. The Morgan fingerprint density at radius 2 is 1.82 bits per heavy atom. The lowest BCUT2D eigenvalue weighted by atomic mass is 10.0. The van der Waals surface area contributed by atoms with Gasteiger partial charge in [0.15, 0.2) is 14.2 Å². The summed E-state index contributed by atoms with van der Waals surface area (Å²) in [5.74, 6) is 0.519. The van der Waals surface area contributed by atoms with Crippen molar-refractivity contribution >= 4 is 19.8 Å². The zero-order valence-electron chi connectivity index (χ0n) is 15.1. The van der Waals surface area contributed by atoms with Crippen molar-refractivity contribution in [3.63, 3.8) is 0 Å². The quantitative estimate of drug-likeness (QED) is 0.420. The van der Waals surface area contributed by atoms with Crippen LogP contribution in [0.1, 0.15) is 47.0 Å². The summed E-state index contributed by atoms with van der Waals surface area (Å²) in [6, 6.07) is 0.0922. The van der Waals surface area contributed by atoms with Crippen LogP contribution in [0, 0.1) is 17.4 Å². The van der Waals surface area contributed by atoms with Gasteiger partial charge in [-0.15, -0.1) is 0 Å². The standard InChI is InChI=1S/C9H12N4O.C2H6BN.2C2H6/c1-13-8(14)6-3-2-4-7(6)12-9(13)11-5-10;1-4(2)3;2*1-2/h6-7H,2-4H2,1H3,(H,11,12);1-2H3;2*1-2H3. The highest BCUT2D eigenvalue weighted by Crippen LogP contribution is 2.32. The fourth-order valence-electron chi connectivity index (χ4n) is 2.15. The van der Waals surface area contributed by atoms with Crippen molar-refractivity contribution in [2.24, 2.45) is 10.9 Å². The first-order valence-corrected chi connectivity index (χ1v) is 7.90. The van der Waals surface area contributed by atoms with E-state index in [2.05, 4.69) is 10.3 Å². The molecule has 0 saturated heterocycles. The molecule has 2 aliphatic rings. The van der Waals surface area contributed by atoms with Crippen molar-refractivity contribution in [3.8, 4) is 6.19 Å². The Morgan fingerprint density at radius 3 is 2.27 bits per heavy atom. The summed E-state index contributed by atoms with van der Waals surface area (Å²) in [4.78, 5) is 19.1. The van der Waals surface area contributed by atoms with Crippen molar-refractivity contribution in [2.45, 2.75) is 53.0 Å². The lowest BCUT2D eigenvalue weighted by Gasteiger charge is -2.29. The lowest BCUT2D eigenvalue weighted by Crippen LogP contribution is -2.49. The van der Waals surface area contributed by atoms with E-state index in [1.54, 1.807) is 27.3 Å². The number of nitrogens with one attached hydrogen (secondary N) is 1. The summed E-state index contributed by atoms with van der Waals surface area (Å²) in [6.45, 7) is 8.00. The van der Waals surface area contributed by atoms with Crippen molar-refractivity contribution in [1.82, 2.24) is 15.0 Å². The second kappa shape index (κ2) is 13.1. The summed E-state index contributed by atoms with van der Waals surface area (Å²) in [6.07, 6.45) is 4.73. The Labute approximate surface area is 137 Å². The molecular formula is C15H30BN5O. The molecule has 1 saturated carbocycles. The maximum atomic E-state index is 11.8. The minimum absolute atomic E-state index is 0.0456. The van der Waals surface area contributed by atoms with Crippen LogP contribution in [0.3, 0.4) is 0 Å². The number of amides is 1. The second-order valence-corrected chi connectivity index (χ2v) is 4.66. The minimum atomic E-state index is 0.0456. The van der Waals surface area contributed by atoms with Crippen LogP contribution in [0.25, 0.3) is 0 Å². The van der Waals surface area contributed by atoms with Gasteiger partial charge in [-0.2, -0.15) is 5.26 Å². The second-order valence-electron chi connectivity index (χ2n) is 4.66. The van der Waals surface area contributed by atoms with Crippen LogP contribution >= 0.6 is 0 Å². The summed E-state index contributed by atoms with van der Waals surface area (Å²) in [5, 5.41) is 10.9. The normalized spacial score (nSPS) is 21.7. The number of carbonyl (C=O) groups excluding carboxylic acids is 1. The highest BCUT2D eigenvalue weighted by molar-refractivity contribution is 6.03. The van der Waals surface area contributed by atoms with Crippen molar-refractivity contribution in [3.05, 3.63) is 0 Å². The van der Waals surface area contributed by atoms with Crippen molar-refractivity contribution < 1.29 is 4.79 Å². The van der Waals surface area contributed by atoms with Crippen LogP contribution in [-0.2, 0) is 4.79 Å². The summed E-state index contributed by atoms with van der Waals surface area (Å²) in [7, 11) is 10.2. The van der Waals surface area contributed by atoms with Gasteiger partial charge in [0.1, 0.15) is 0 Å². The maximum Gasteiger partial charge on any atom is 0.234 e. The number of guanidine groups is 1. The number of nitrogens with zero attached hydrogens (tertiary/aromatic N) is 4. The van der Waals surface area contributed by atoms with Gasteiger partial charge >= 0.3 is 0 Å². The molecule has 7 heteroatoms. The third-order valence-electron chi connectivity index (χ3n) is 2.90. The van der Waals surface area contributed by atoms with E-state index in [1.165, 1.54) is 9.71 Å². The van der Waals surface area contributed by atoms with Gasteiger partial charge in [-0.1, -0.05) is 34.1 Å². The molecule has 1 amide bonds. The van der Waals surface area contributed by atoms with E-state index < -0.39 is 0 Å². The fraction of sp³-hybridized carbons (Fsp3) is 0.800. The molecule has 0 aromatic carbocycles. The van der Waals surface area contributed by atoms with Gasteiger partial charge in [0, 0.05) is 7.05 Å². The molecule has 2 radical (unpaired) electrons. The van der Waals surface area contributed by atoms with Crippen LogP contribution in [0.15, 0.2) is 4.99 Å². The third kappa shape index (κ3) is 7.46. The molecule has 22 heavy (non-hydrogen) atoms. The Hall–Kier alpha value is -1.55. The largest absolute Gasteiger partial charge is 0.359 e. The Kier molecular flexibility index (Phi) is 13.6. The molecule has 0 spiro atoms. The zero-order chi connectivity index (χ0) is 17.7. The van der Waals surface area contributed by atoms with E-state index in [9.17, 15) is 4.79 Å². The van der Waals surface area contributed by atoms with Crippen LogP contribution in [0.5, 0.6) is 0 Å². The zero-order valence-corrected chi connectivity index (χ0v) is 15.1. The number of aliphatic imine (C=N–C) groups is 1.